The molecule has 24 heavy (non-hydrogen) atoms. The minimum atomic E-state index is -0.0594. The Hall–Kier alpha value is -1.88. The average molecular weight is 329 g/mol. The van der Waals surface area contributed by atoms with E-state index in [-0.39, 0.29) is 5.91 Å². The van der Waals surface area contributed by atoms with E-state index in [4.69, 9.17) is 0 Å². The third-order valence-electron chi connectivity index (χ3n) is 5.16. The van der Waals surface area contributed by atoms with Crippen molar-refractivity contribution >= 4 is 11.8 Å². The normalized spacial score (nSPS) is 23.8. The van der Waals surface area contributed by atoms with Crippen LogP contribution in [0.15, 0.2) is 24.3 Å². The molecule has 2 N–H and O–H groups in total. The lowest BCUT2D eigenvalue weighted by Crippen LogP contribution is -2.50. The van der Waals surface area contributed by atoms with Gasteiger partial charge in [0.05, 0.1) is 0 Å². The molecule has 130 valence electrons. The zero-order chi connectivity index (χ0) is 17.1. The number of likely N-dealkylation sites (tertiary alicyclic amines) is 1. The Bertz CT molecular complexity index is 595. The van der Waals surface area contributed by atoms with Gasteiger partial charge in [0.1, 0.15) is 0 Å². The summed E-state index contributed by atoms with van der Waals surface area (Å²) < 4.78 is 0. The molecule has 2 aliphatic rings. The van der Waals surface area contributed by atoms with Crippen molar-refractivity contribution in [2.75, 3.05) is 20.1 Å². The second-order valence-corrected chi connectivity index (χ2v) is 7.09. The fourth-order valence-corrected chi connectivity index (χ4v) is 3.40. The quantitative estimate of drug-likeness (QED) is 0.866. The van der Waals surface area contributed by atoms with Crippen LogP contribution in [0.1, 0.15) is 42.1 Å². The van der Waals surface area contributed by atoms with E-state index in [9.17, 15) is 9.59 Å². The topological polar surface area (TPSA) is 61.4 Å². The highest BCUT2D eigenvalue weighted by molar-refractivity contribution is 5.93. The van der Waals surface area contributed by atoms with Gasteiger partial charge in [0.15, 0.2) is 0 Å². The van der Waals surface area contributed by atoms with E-state index < -0.39 is 0 Å². The Labute approximate surface area is 143 Å². The zero-order valence-electron chi connectivity index (χ0n) is 14.5. The first-order chi connectivity index (χ1) is 11.6. The third kappa shape index (κ3) is 3.96. The molecule has 1 heterocycles. The van der Waals surface area contributed by atoms with Crippen LogP contribution in [0.3, 0.4) is 0 Å². The van der Waals surface area contributed by atoms with Crippen LogP contribution in [0.2, 0.25) is 0 Å². The molecule has 1 aromatic rings. The molecule has 5 heteroatoms. The summed E-state index contributed by atoms with van der Waals surface area (Å²) in [4.78, 5) is 25.8. The number of hydrogen-bond donors (Lipinski definition) is 2. The smallest absolute Gasteiger partial charge is 0.251 e. The van der Waals surface area contributed by atoms with Crippen LogP contribution in [-0.4, -0.2) is 42.9 Å². The Morgan fingerprint density at radius 1 is 1.17 bits per heavy atom. The van der Waals surface area contributed by atoms with Gasteiger partial charge >= 0.3 is 0 Å². The van der Waals surface area contributed by atoms with Gasteiger partial charge in [0.2, 0.25) is 5.91 Å². The Morgan fingerprint density at radius 2 is 1.88 bits per heavy atom. The summed E-state index contributed by atoms with van der Waals surface area (Å²) in [5, 5.41) is 6.25. The molecule has 2 atom stereocenters. The molecule has 2 fully saturated rings. The molecule has 1 saturated carbocycles. The lowest BCUT2D eigenvalue weighted by molar-refractivity contribution is -0.134. The number of carbonyl (C=O) groups is 2. The molecule has 0 spiro atoms. The molecule has 0 radical (unpaired) electrons. The van der Waals surface area contributed by atoms with Gasteiger partial charge in [-0.1, -0.05) is 19.1 Å². The SMILES string of the molecule is CNC(=O)c1ccc(CN[C@H]2CCN(C(=O)C3CC3)C[C@H]2C)cc1. The van der Waals surface area contributed by atoms with E-state index in [1.165, 1.54) is 5.56 Å². The summed E-state index contributed by atoms with van der Waals surface area (Å²) >= 11 is 0. The Balaban J connectivity index is 1.48. The van der Waals surface area contributed by atoms with E-state index >= 15 is 0 Å². The molecule has 5 nitrogen and oxygen atoms in total. The van der Waals surface area contributed by atoms with Crippen LogP contribution in [0, 0.1) is 11.8 Å². The molecule has 0 aromatic heterocycles. The predicted molar refractivity (Wildman–Crippen MR) is 93.5 cm³/mol. The van der Waals surface area contributed by atoms with Crippen LogP contribution >= 0.6 is 0 Å². The molecule has 0 bridgehead atoms. The molecule has 3 rings (SSSR count). The second kappa shape index (κ2) is 7.34. The van der Waals surface area contributed by atoms with E-state index in [1.54, 1.807) is 7.05 Å². The maximum absolute atomic E-state index is 12.2. The van der Waals surface area contributed by atoms with Crippen LogP contribution in [0.25, 0.3) is 0 Å². The lowest BCUT2D eigenvalue weighted by atomic mass is 9.93. The molecular formula is C19H27N3O2. The van der Waals surface area contributed by atoms with Crippen molar-refractivity contribution < 1.29 is 9.59 Å². The molecule has 2 amide bonds. The van der Waals surface area contributed by atoms with Gasteiger partial charge in [-0.05, 0) is 42.9 Å². The third-order valence-corrected chi connectivity index (χ3v) is 5.16. The predicted octanol–water partition coefficient (Wildman–Crippen LogP) is 1.78. The highest BCUT2D eigenvalue weighted by Gasteiger charge is 2.36. The van der Waals surface area contributed by atoms with Crippen molar-refractivity contribution in [3.63, 3.8) is 0 Å². The van der Waals surface area contributed by atoms with Gasteiger partial charge in [-0.15, -0.1) is 0 Å². The van der Waals surface area contributed by atoms with Crippen molar-refractivity contribution in [2.45, 2.75) is 38.8 Å². The number of carbonyl (C=O) groups excluding carboxylic acids is 2. The minimum absolute atomic E-state index is 0.0594. The minimum Gasteiger partial charge on any atom is -0.355 e. The molecular weight excluding hydrogens is 302 g/mol. The van der Waals surface area contributed by atoms with Gasteiger partial charge in [0.25, 0.3) is 5.91 Å². The van der Waals surface area contributed by atoms with Crippen LogP contribution in [0.4, 0.5) is 0 Å². The standard InChI is InChI=1S/C19H27N3O2/c1-13-12-22(19(24)16-7-8-16)10-9-17(13)21-11-14-3-5-15(6-4-14)18(23)20-2/h3-6,13,16-17,21H,7-12H2,1-2H3,(H,20,23)/t13-,17+/m1/s1. The summed E-state index contributed by atoms with van der Waals surface area (Å²) in [6, 6.07) is 8.14. The summed E-state index contributed by atoms with van der Waals surface area (Å²) in [5.41, 5.74) is 1.85. The van der Waals surface area contributed by atoms with Crippen molar-refractivity contribution in [3.8, 4) is 0 Å². The van der Waals surface area contributed by atoms with Crippen molar-refractivity contribution in [1.29, 1.82) is 0 Å². The molecule has 1 aliphatic carbocycles. The maximum Gasteiger partial charge on any atom is 0.251 e. The van der Waals surface area contributed by atoms with Gasteiger partial charge in [-0.2, -0.15) is 0 Å². The summed E-state index contributed by atoms with van der Waals surface area (Å²) in [6.45, 7) is 4.74. The first-order valence-electron chi connectivity index (χ1n) is 8.91. The summed E-state index contributed by atoms with van der Waals surface area (Å²) in [6.07, 6.45) is 3.17. The zero-order valence-corrected chi connectivity index (χ0v) is 14.5. The van der Waals surface area contributed by atoms with Crippen LogP contribution in [-0.2, 0) is 11.3 Å². The number of hydrogen-bond acceptors (Lipinski definition) is 3. The fourth-order valence-electron chi connectivity index (χ4n) is 3.40. The van der Waals surface area contributed by atoms with E-state index in [2.05, 4.69) is 22.5 Å². The fraction of sp³-hybridized carbons (Fsp3) is 0.579. The average Bonchev–Trinajstić information content (AvgIpc) is 3.45. The highest BCUT2D eigenvalue weighted by Crippen LogP contribution is 2.32. The van der Waals surface area contributed by atoms with Crippen LogP contribution < -0.4 is 10.6 Å². The second-order valence-electron chi connectivity index (χ2n) is 7.09. The molecule has 1 saturated heterocycles. The number of benzene rings is 1. The van der Waals surface area contributed by atoms with E-state index in [0.717, 1.165) is 38.9 Å². The van der Waals surface area contributed by atoms with Crippen molar-refractivity contribution in [3.05, 3.63) is 35.4 Å². The first-order valence-corrected chi connectivity index (χ1v) is 8.91. The summed E-state index contributed by atoms with van der Waals surface area (Å²) in [5.74, 6) is 1.09. The molecule has 1 aromatic carbocycles. The number of rotatable bonds is 5. The first kappa shape index (κ1) is 17.0. The summed E-state index contributed by atoms with van der Waals surface area (Å²) in [7, 11) is 1.64. The van der Waals surface area contributed by atoms with Gasteiger partial charge in [-0.3, -0.25) is 9.59 Å². The van der Waals surface area contributed by atoms with Crippen molar-refractivity contribution in [1.82, 2.24) is 15.5 Å². The number of nitrogens with zero attached hydrogens (tertiary/aromatic N) is 1. The highest BCUT2D eigenvalue weighted by atomic mass is 16.2. The van der Waals surface area contributed by atoms with E-state index in [0.29, 0.717) is 29.3 Å². The number of piperidine rings is 1. The van der Waals surface area contributed by atoms with Crippen LogP contribution in [0.5, 0.6) is 0 Å². The number of amides is 2. The van der Waals surface area contributed by atoms with Gasteiger partial charge in [0, 0.05) is 44.2 Å². The molecule has 0 unspecified atom stereocenters. The van der Waals surface area contributed by atoms with Crippen molar-refractivity contribution in [2.24, 2.45) is 11.8 Å². The van der Waals surface area contributed by atoms with Gasteiger partial charge < -0.3 is 15.5 Å². The monoisotopic (exact) mass is 329 g/mol. The number of nitrogens with one attached hydrogen (secondary N) is 2. The van der Waals surface area contributed by atoms with Gasteiger partial charge in [-0.25, -0.2) is 0 Å². The molecule has 1 aliphatic heterocycles. The lowest BCUT2D eigenvalue weighted by Gasteiger charge is -2.37. The van der Waals surface area contributed by atoms with E-state index in [1.807, 2.05) is 24.3 Å². The Morgan fingerprint density at radius 3 is 2.46 bits per heavy atom. The Kier molecular flexibility index (Phi) is 5.19. The maximum atomic E-state index is 12.2. The largest absolute Gasteiger partial charge is 0.355 e.